The van der Waals surface area contributed by atoms with E-state index >= 15 is 0 Å². The van der Waals surface area contributed by atoms with Gasteiger partial charge in [-0.25, -0.2) is 0 Å². The Kier molecular flexibility index (Phi) is 10.6. The fraction of sp³-hybridized carbons (Fsp3) is 0.737. The first-order chi connectivity index (χ1) is 13.7. The van der Waals surface area contributed by atoms with E-state index in [1.807, 2.05) is 0 Å². The minimum atomic E-state index is 0.277. The van der Waals surface area contributed by atoms with E-state index in [2.05, 4.69) is 39.1 Å². The molecule has 1 saturated carbocycles. The molecule has 1 aromatic heterocycles. The van der Waals surface area contributed by atoms with Gasteiger partial charge in [0.1, 0.15) is 6.61 Å². The van der Waals surface area contributed by atoms with E-state index in [1.165, 1.54) is 19.3 Å². The molecule has 0 aliphatic heterocycles. The van der Waals surface area contributed by atoms with E-state index in [9.17, 15) is 0 Å². The lowest BCUT2D eigenvalue weighted by molar-refractivity contribution is 0.0547. The van der Waals surface area contributed by atoms with Gasteiger partial charge >= 0.3 is 6.01 Å². The molecule has 0 radical (unpaired) electrons. The first kappa shape index (κ1) is 22.3. The minimum absolute atomic E-state index is 0.277. The van der Waals surface area contributed by atoms with Gasteiger partial charge in [0, 0.05) is 19.1 Å². The van der Waals surface area contributed by atoms with Crippen LogP contribution in [0.4, 0.5) is 11.9 Å². The molecule has 9 heteroatoms. The molecule has 1 heterocycles. The molecule has 1 aliphatic rings. The van der Waals surface area contributed by atoms with Gasteiger partial charge in [-0.1, -0.05) is 32.4 Å². The summed E-state index contributed by atoms with van der Waals surface area (Å²) in [4.78, 5) is 13.2. The van der Waals surface area contributed by atoms with Crippen LogP contribution in [0, 0.1) is 5.92 Å². The normalized spacial score (nSPS) is 19.2. The van der Waals surface area contributed by atoms with Crippen molar-refractivity contribution in [1.29, 1.82) is 0 Å². The van der Waals surface area contributed by atoms with E-state index in [0.717, 1.165) is 6.42 Å². The fourth-order valence-electron chi connectivity index (χ4n) is 3.03. The Bertz CT molecular complexity index is 575. The van der Waals surface area contributed by atoms with E-state index in [0.29, 0.717) is 70.0 Å². The zero-order valence-corrected chi connectivity index (χ0v) is 16.9. The molecule has 0 saturated heterocycles. The van der Waals surface area contributed by atoms with Gasteiger partial charge in [0.2, 0.25) is 11.9 Å². The predicted molar refractivity (Wildman–Crippen MR) is 110 cm³/mol. The van der Waals surface area contributed by atoms with Gasteiger partial charge in [0.25, 0.3) is 0 Å². The largest absolute Gasteiger partial charge is 0.459 e. The maximum absolute atomic E-state index is 5.52. The van der Waals surface area contributed by atoms with E-state index in [4.69, 9.17) is 19.9 Å². The number of hydrogen-bond acceptors (Lipinski definition) is 9. The second-order valence-electron chi connectivity index (χ2n) is 6.82. The molecule has 158 valence electrons. The molecule has 1 aliphatic carbocycles. The molecule has 1 aromatic rings. The summed E-state index contributed by atoms with van der Waals surface area (Å²) in [5.74, 6) is 1.59. The van der Waals surface area contributed by atoms with Crippen molar-refractivity contribution < 1.29 is 14.2 Å². The van der Waals surface area contributed by atoms with Gasteiger partial charge in [-0.15, -0.1) is 0 Å². The number of rotatable bonds is 14. The topological polar surface area (TPSA) is 116 Å². The van der Waals surface area contributed by atoms with E-state index in [-0.39, 0.29) is 6.01 Å². The Morgan fingerprint density at radius 1 is 1.07 bits per heavy atom. The Morgan fingerprint density at radius 2 is 1.82 bits per heavy atom. The third kappa shape index (κ3) is 8.37. The molecule has 0 amide bonds. The number of nitrogens with zero attached hydrogens (tertiary/aromatic N) is 3. The van der Waals surface area contributed by atoms with Gasteiger partial charge < -0.3 is 30.6 Å². The first-order valence-corrected chi connectivity index (χ1v) is 10.1. The second kappa shape index (κ2) is 13.2. The molecule has 28 heavy (non-hydrogen) atoms. The summed E-state index contributed by atoms with van der Waals surface area (Å²) in [5.41, 5.74) is 5.36. The van der Waals surface area contributed by atoms with Crippen molar-refractivity contribution in [1.82, 2.24) is 15.0 Å². The third-order valence-corrected chi connectivity index (χ3v) is 4.53. The van der Waals surface area contributed by atoms with E-state index < -0.39 is 0 Å². The molecule has 0 bridgehead atoms. The first-order valence-electron chi connectivity index (χ1n) is 10.1. The Hall–Kier alpha value is -1.97. The SMILES string of the molecule is C=CCOc1nc(NCCOCCOCCN)nc(NC2CCCCC2C)n1. The molecule has 2 atom stereocenters. The van der Waals surface area contributed by atoms with Gasteiger partial charge in [0.05, 0.1) is 26.4 Å². The van der Waals surface area contributed by atoms with Crippen LogP contribution in [0.15, 0.2) is 12.7 Å². The molecular weight excluding hydrogens is 360 g/mol. The smallest absolute Gasteiger partial charge is 0.323 e. The van der Waals surface area contributed by atoms with Crippen LogP contribution in [0.3, 0.4) is 0 Å². The van der Waals surface area contributed by atoms with Crippen molar-refractivity contribution >= 4 is 11.9 Å². The monoisotopic (exact) mass is 394 g/mol. The Morgan fingerprint density at radius 3 is 2.57 bits per heavy atom. The molecule has 0 aromatic carbocycles. The highest BCUT2D eigenvalue weighted by atomic mass is 16.5. The zero-order chi connectivity index (χ0) is 20.0. The second-order valence-corrected chi connectivity index (χ2v) is 6.82. The maximum atomic E-state index is 5.52. The van der Waals surface area contributed by atoms with Crippen LogP contribution in [-0.4, -0.2) is 67.1 Å². The predicted octanol–water partition coefficient (Wildman–Crippen LogP) is 1.83. The van der Waals surface area contributed by atoms with Crippen molar-refractivity contribution in [2.45, 2.75) is 38.6 Å². The number of ether oxygens (including phenoxy) is 3. The van der Waals surface area contributed by atoms with Crippen LogP contribution in [-0.2, 0) is 9.47 Å². The van der Waals surface area contributed by atoms with Crippen LogP contribution in [0.1, 0.15) is 32.6 Å². The molecule has 1 fully saturated rings. The minimum Gasteiger partial charge on any atom is -0.459 e. The summed E-state index contributed by atoms with van der Waals surface area (Å²) < 4.78 is 16.3. The molecule has 9 nitrogen and oxygen atoms in total. The maximum Gasteiger partial charge on any atom is 0.323 e. The highest BCUT2D eigenvalue weighted by Crippen LogP contribution is 2.26. The quantitative estimate of drug-likeness (QED) is 0.321. The molecule has 2 rings (SSSR count). The summed E-state index contributed by atoms with van der Waals surface area (Å²) in [7, 11) is 0. The van der Waals surface area contributed by atoms with Crippen molar-refractivity contribution in [2.75, 3.05) is 56.8 Å². The summed E-state index contributed by atoms with van der Waals surface area (Å²) >= 11 is 0. The summed E-state index contributed by atoms with van der Waals surface area (Å²) in [6.07, 6.45) is 6.52. The molecule has 0 spiro atoms. The zero-order valence-electron chi connectivity index (χ0n) is 16.9. The lowest BCUT2D eigenvalue weighted by Crippen LogP contribution is -2.31. The highest BCUT2D eigenvalue weighted by Gasteiger charge is 2.22. The number of hydrogen-bond donors (Lipinski definition) is 3. The third-order valence-electron chi connectivity index (χ3n) is 4.53. The van der Waals surface area contributed by atoms with Crippen LogP contribution in [0.25, 0.3) is 0 Å². The van der Waals surface area contributed by atoms with Crippen molar-refractivity contribution in [3.05, 3.63) is 12.7 Å². The molecular formula is C19H34N6O3. The number of nitrogens with one attached hydrogen (secondary N) is 2. The van der Waals surface area contributed by atoms with Crippen molar-refractivity contribution in [3.63, 3.8) is 0 Å². The summed E-state index contributed by atoms with van der Waals surface area (Å²) in [5, 5.41) is 6.61. The number of nitrogens with two attached hydrogens (primary N) is 1. The summed E-state index contributed by atoms with van der Waals surface area (Å²) in [6, 6.07) is 0.646. The molecule has 2 unspecified atom stereocenters. The lowest BCUT2D eigenvalue weighted by atomic mass is 9.86. The Labute approximate surface area is 167 Å². The molecule has 4 N–H and O–H groups in total. The van der Waals surface area contributed by atoms with Crippen LogP contribution >= 0.6 is 0 Å². The Balaban J connectivity index is 1.86. The average molecular weight is 395 g/mol. The average Bonchev–Trinajstić information content (AvgIpc) is 2.70. The highest BCUT2D eigenvalue weighted by molar-refractivity contribution is 5.36. The van der Waals surface area contributed by atoms with Gasteiger partial charge in [0.15, 0.2) is 0 Å². The number of aromatic nitrogens is 3. The fourth-order valence-corrected chi connectivity index (χ4v) is 3.03. The van der Waals surface area contributed by atoms with Crippen LogP contribution < -0.4 is 21.1 Å². The van der Waals surface area contributed by atoms with Crippen LogP contribution in [0.2, 0.25) is 0 Å². The van der Waals surface area contributed by atoms with Crippen molar-refractivity contribution in [2.24, 2.45) is 11.7 Å². The lowest BCUT2D eigenvalue weighted by Gasteiger charge is -2.29. The van der Waals surface area contributed by atoms with Crippen molar-refractivity contribution in [3.8, 4) is 6.01 Å². The van der Waals surface area contributed by atoms with E-state index in [1.54, 1.807) is 6.08 Å². The van der Waals surface area contributed by atoms with Gasteiger partial charge in [-0.2, -0.15) is 15.0 Å². The van der Waals surface area contributed by atoms with Crippen LogP contribution in [0.5, 0.6) is 6.01 Å². The van der Waals surface area contributed by atoms with Gasteiger partial charge in [-0.3, -0.25) is 0 Å². The summed E-state index contributed by atoms with van der Waals surface area (Å²) in [6.45, 7) is 9.49. The standard InChI is InChI=1S/C19H34N6O3/c1-3-10-28-19-24-17(21-9-12-27-14-13-26-11-8-20)23-18(25-19)22-16-7-5-4-6-15(16)2/h3,15-16H,1,4-14,20H2,2H3,(H2,21,22,23,24,25). The number of anilines is 2. The van der Waals surface area contributed by atoms with Gasteiger partial charge in [-0.05, 0) is 18.8 Å².